The zero-order valence-electron chi connectivity index (χ0n) is 22.5. The number of nitrogens with zero attached hydrogens (tertiary/aromatic N) is 3. The van der Waals surface area contributed by atoms with E-state index in [9.17, 15) is 18.9 Å². The Morgan fingerprint density at radius 1 is 1.14 bits per heavy atom. The lowest BCUT2D eigenvalue weighted by molar-refractivity contribution is -0.140. The molecule has 1 N–H and O–H groups in total. The smallest absolute Gasteiger partial charge is 0.410 e. The van der Waals surface area contributed by atoms with E-state index in [1.165, 1.54) is 18.6 Å². The van der Waals surface area contributed by atoms with E-state index in [0.29, 0.717) is 30.8 Å². The van der Waals surface area contributed by atoms with Crippen molar-refractivity contribution in [1.29, 1.82) is 0 Å². The molecule has 1 aromatic heterocycles. The van der Waals surface area contributed by atoms with Gasteiger partial charge in [-0.2, -0.15) is 4.36 Å². The fourth-order valence-corrected chi connectivity index (χ4v) is 6.33. The molecule has 2 aliphatic rings. The van der Waals surface area contributed by atoms with E-state index < -0.39 is 26.3 Å². The molecule has 2 fully saturated rings. The Hall–Kier alpha value is -2.65. The van der Waals surface area contributed by atoms with Gasteiger partial charge in [0.1, 0.15) is 5.60 Å². The Bertz CT molecular complexity index is 1320. The topological polar surface area (TPSA) is 101 Å². The maximum absolute atomic E-state index is 13.3. The number of likely N-dealkylation sites (tertiary alicyclic amines) is 1. The van der Waals surface area contributed by atoms with Crippen LogP contribution in [0.5, 0.6) is 0 Å². The van der Waals surface area contributed by atoms with Crippen molar-refractivity contribution in [1.82, 2.24) is 9.47 Å². The van der Waals surface area contributed by atoms with Crippen LogP contribution < -0.4 is 5.56 Å². The number of pyridine rings is 1. The van der Waals surface area contributed by atoms with Gasteiger partial charge in [-0.25, -0.2) is 9.00 Å². The average Bonchev–Trinajstić information content (AvgIpc) is 3.26. The van der Waals surface area contributed by atoms with Gasteiger partial charge in [0.15, 0.2) is 0 Å². The molecule has 4 rings (SSSR count). The van der Waals surface area contributed by atoms with Crippen LogP contribution in [0.3, 0.4) is 0 Å². The van der Waals surface area contributed by atoms with Gasteiger partial charge in [-0.3, -0.25) is 4.79 Å². The molecule has 37 heavy (non-hydrogen) atoms. The van der Waals surface area contributed by atoms with E-state index in [4.69, 9.17) is 4.74 Å². The van der Waals surface area contributed by atoms with Crippen molar-refractivity contribution in [3.05, 3.63) is 52.9 Å². The van der Waals surface area contributed by atoms with Crippen molar-refractivity contribution < 1.29 is 18.8 Å². The number of aliphatic hydroxyl groups is 1. The van der Waals surface area contributed by atoms with Crippen LogP contribution in [0.15, 0.2) is 51.8 Å². The van der Waals surface area contributed by atoms with E-state index in [0.717, 1.165) is 31.2 Å². The van der Waals surface area contributed by atoms with Crippen molar-refractivity contribution >= 4 is 21.5 Å². The van der Waals surface area contributed by atoms with E-state index in [2.05, 4.69) is 4.36 Å². The lowest BCUT2D eigenvalue weighted by atomic mass is 9.66. The number of hydrogen-bond acceptors (Lipinski definition) is 6. The van der Waals surface area contributed by atoms with Gasteiger partial charge in [-0.1, -0.05) is 43.2 Å². The normalized spacial score (nSPS) is 21.7. The van der Waals surface area contributed by atoms with Gasteiger partial charge in [-0.05, 0) is 45.6 Å². The Balaban J connectivity index is 1.72. The van der Waals surface area contributed by atoms with Crippen LogP contribution in [0, 0.1) is 5.41 Å². The van der Waals surface area contributed by atoms with Crippen molar-refractivity contribution in [3.63, 3.8) is 0 Å². The number of aromatic nitrogens is 1. The summed E-state index contributed by atoms with van der Waals surface area (Å²) in [6.45, 7) is 6.41. The predicted octanol–water partition coefficient (Wildman–Crippen LogP) is 4.81. The summed E-state index contributed by atoms with van der Waals surface area (Å²) in [4.78, 5) is 27.8. The third-order valence-electron chi connectivity index (χ3n) is 7.43. The fourth-order valence-electron chi connectivity index (χ4n) is 5.70. The van der Waals surface area contributed by atoms with Gasteiger partial charge < -0.3 is 19.3 Å². The van der Waals surface area contributed by atoms with Crippen molar-refractivity contribution in [2.75, 3.05) is 25.6 Å². The molecule has 1 atom stereocenters. The lowest BCUT2D eigenvalue weighted by Gasteiger charge is -2.52. The minimum absolute atomic E-state index is 0.113. The molecule has 1 unspecified atom stereocenters. The zero-order valence-corrected chi connectivity index (χ0v) is 23.3. The van der Waals surface area contributed by atoms with Crippen LogP contribution in [0.1, 0.15) is 52.9 Å². The molecule has 1 aromatic carbocycles. The Morgan fingerprint density at radius 3 is 2.38 bits per heavy atom. The van der Waals surface area contributed by atoms with Crippen LogP contribution in [-0.4, -0.2) is 61.7 Å². The molecule has 1 saturated heterocycles. The number of rotatable bonds is 4. The van der Waals surface area contributed by atoms with Gasteiger partial charge in [0.25, 0.3) is 5.56 Å². The monoisotopic (exact) mass is 529 g/mol. The summed E-state index contributed by atoms with van der Waals surface area (Å²) >= 11 is 0. The maximum atomic E-state index is 13.3. The molecule has 1 saturated carbocycles. The number of carbonyl (C=O) groups is 1. The first-order valence-corrected chi connectivity index (χ1v) is 15.2. The number of piperidine rings is 1. The second-order valence-corrected chi connectivity index (χ2v) is 14.4. The molecule has 9 heteroatoms. The highest BCUT2D eigenvalue weighted by molar-refractivity contribution is 7.92. The summed E-state index contributed by atoms with van der Waals surface area (Å²) in [5.74, 6) is 0. The summed E-state index contributed by atoms with van der Waals surface area (Å²) in [5, 5.41) is 12.1. The third kappa shape index (κ3) is 6.09. The Kier molecular flexibility index (Phi) is 7.33. The first kappa shape index (κ1) is 27.4. The quantitative estimate of drug-likeness (QED) is 0.613. The first-order valence-electron chi connectivity index (χ1n) is 12.9. The Morgan fingerprint density at radius 2 is 1.78 bits per heavy atom. The Labute approximate surface area is 219 Å². The van der Waals surface area contributed by atoms with E-state index in [1.807, 2.05) is 51.1 Å². The maximum Gasteiger partial charge on any atom is 0.410 e. The van der Waals surface area contributed by atoms with E-state index in [1.54, 1.807) is 15.7 Å². The summed E-state index contributed by atoms with van der Waals surface area (Å²) in [7, 11) is -2.49. The SMILES string of the molecule is CC(C)(C)OC(=O)N1CCC(O)(Cn2cc(-c3ccccc3)c(N=S(C)(C)=O)cc2=O)C2(CCCC2)C1. The molecule has 2 heterocycles. The highest BCUT2D eigenvalue weighted by Crippen LogP contribution is 2.51. The minimum Gasteiger partial charge on any atom is -0.444 e. The third-order valence-corrected chi connectivity index (χ3v) is 8.06. The molecule has 8 nitrogen and oxygen atoms in total. The summed E-state index contributed by atoms with van der Waals surface area (Å²) in [6.07, 6.45) is 8.29. The van der Waals surface area contributed by atoms with Gasteiger partial charge in [0.05, 0.1) is 17.8 Å². The molecule has 0 radical (unpaired) electrons. The summed E-state index contributed by atoms with van der Waals surface area (Å²) in [6, 6.07) is 11.0. The molecule has 0 bridgehead atoms. The van der Waals surface area contributed by atoms with Crippen LogP contribution in [0.4, 0.5) is 10.5 Å². The van der Waals surface area contributed by atoms with Crippen LogP contribution in [0.25, 0.3) is 11.1 Å². The highest BCUT2D eigenvalue weighted by atomic mass is 32.2. The van der Waals surface area contributed by atoms with Crippen LogP contribution in [0.2, 0.25) is 0 Å². The number of ether oxygens (including phenoxy) is 1. The fraction of sp³-hybridized carbons (Fsp3) is 0.571. The largest absolute Gasteiger partial charge is 0.444 e. The van der Waals surface area contributed by atoms with Crippen molar-refractivity contribution in [3.8, 4) is 11.1 Å². The lowest BCUT2D eigenvalue weighted by Crippen LogP contribution is -2.62. The molecule has 202 valence electrons. The van der Waals surface area contributed by atoms with Crippen molar-refractivity contribution in [2.24, 2.45) is 9.78 Å². The van der Waals surface area contributed by atoms with Gasteiger partial charge in [0, 0.05) is 58.6 Å². The molecule has 1 spiro atoms. The molecular weight excluding hydrogens is 490 g/mol. The zero-order chi connectivity index (χ0) is 27.1. The second kappa shape index (κ2) is 9.91. The number of amides is 1. The molecular formula is C28H39N3O5S. The van der Waals surface area contributed by atoms with Crippen molar-refractivity contribution in [2.45, 2.75) is 70.6 Å². The molecule has 2 aromatic rings. The first-order chi connectivity index (χ1) is 17.2. The minimum atomic E-state index is -2.49. The molecule has 1 aliphatic carbocycles. The van der Waals surface area contributed by atoms with Crippen LogP contribution >= 0.6 is 0 Å². The summed E-state index contributed by atoms with van der Waals surface area (Å²) in [5.41, 5.74) is -0.668. The van der Waals surface area contributed by atoms with Gasteiger partial charge in [-0.15, -0.1) is 0 Å². The second-order valence-electron chi connectivity index (χ2n) is 11.8. The number of hydrogen-bond donors (Lipinski definition) is 1. The standard InChI is InChI=1S/C28H39N3O5S/c1-26(2,3)36-25(33)30-16-15-28(34,27(19-30)13-9-10-14-27)20-31-18-22(21-11-7-6-8-12-21)23(17-24(31)32)29-37(4,5)35/h6-8,11-12,17-18,34H,9-10,13-16,19-20H2,1-5H3. The van der Waals surface area contributed by atoms with Gasteiger partial charge in [0.2, 0.25) is 0 Å². The highest BCUT2D eigenvalue weighted by Gasteiger charge is 2.56. The predicted molar refractivity (Wildman–Crippen MR) is 146 cm³/mol. The van der Waals surface area contributed by atoms with Gasteiger partial charge >= 0.3 is 6.09 Å². The molecule has 1 amide bonds. The van der Waals surface area contributed by atoms with E-state index >= 15 is 0 Å². The van der Waals surface area contributed by atoms with Crippen LogP contribution in [-0.2, 0) is 21.0 Å². The summed E-state index contributed by atoms with van der Waals surface area (Å²) < 4.78 is 24.0. The average molecular weight is 530 g/mol. The number of benzene rings is 1. The number of carbonyl (C=O) groups excluding carboxylic acids is 1. The molecule has 1 aliphatic heterocycles. The van der Waals surface area contributed by atoms with E-state index in [-0.39, 0.29) is 18.2 Å².